The highest BCUT2D eigenvalue weighted by molar-refractivity contribution is 5.34. The number of anilines is 1. The first-order valence-electron chi connectivity index (χ1n) is 2.56. The van der Waals surface area contributed by atoms with Crippen LogP contribution in [-0.2, 0) is 0 Å². The highest BCUT2D eigenvalue weighted by atomic mass is 16.6. The fourth-order valence-corrected chi connectivity index (χ4v) is 0.463. The lowest BCUT2D eigenvalue weighted by molar-refractivity contribution is 0.306. The van der Waals surface area contributed by atoms with Gasteiger partial charge in [-0.2, -0.15) is 0 Å². The van der Waals surface area contributed by atoms with Crippen LogP contribution in [0.2, 0.25) is 0 Å². The first kappa shape index (κ1) is 6.03. The molecule has 0 fully saturated rings. The minimum atomic E-state index is 0.623. The lowest BCUT2D eigenvalue weighted by Gasteiger charge is -1.95. The van der Waals surface area contributed by atoms with Gasteiger partial charge in [-0.15, -0.1) is 0 Å². The monoisotopic (exact) mass is 128 g/mol. The van der Waals surface area contributed by atoms with Crippen molar-refractivity contribution in [3.63, 3.8) is 0 Å². The highest BCUT2D eigenvalue weighted by Gasteiger charge is 2.00. The van der Waals surface area contributed by atoms with Crippen molar-refractivity contribution in [2.45, 2.75) is 6.92 Å². The number of rotatable bonds is 2. The second kappa shape index (κ2) is 2.45. The van der Waals surface area contributed by atoms with Crippen molar-refractivity contribution in [1.29, 1.82) is 0 Å². The van der Waals surface area contributed by atoms with Crippen LogP contribution in [0.3, 0.4) is 0 Å². The van der Waals surface area contributed by atoms with Crippen LogP contribution in [0.1, 0.15) is 5.69 Å². The van der Waals surface area contributed by atoms with Crippen LogP contribution in [0, 0.1) is 6.92 Å². The maximum Gasteiger partial charge on any atom is 0.207 e. The summed E-state index contributed by atoms with van der Waals surface area (Å²) < 4.78 is 4.40. The standard InChI is InChI=1S/C4H8N4O/c1-3-4(6-5-2)8-9-7-3/h5H,1-2H3,(H,6,8). The zero-order valence-corrected chi connectivity index (χ0v) is 5.30. The van der Waals surface area contributed by atoms with E-state index in [1.165, 1.54) is 0 Å². The Morgan fingerprint density at radius 2 is 2.22 bits per heavy atom. The number of aryl methyl sites for hydroxylation is 1. The molecule has 0 aliphatic heterocycles. The van der Waals surface area contributed by atoms with Gasteiger partial charge in [0.2, 0.25) is 5.82 Å². The Bertz CT molecular complexity index is 184. The fourth-order valence-electron chi connectivity index (χ4n) is 0.463. The van der Waals surface area contributed by atoms with Gasteiger partial charge in [-0.25, -0.2) is 10.1 Å². The van der Waals surface area contributed by atoms with E-state index in [-0.39, 0.29) is 0 Å². The molecular weight excluding hydrogens is 120 g/mol. The molecule has 1 rings (SSSR count). The van der Waals surface area contributed by atoms with Gasteiger partial charge in [0.15, 0.2) is 0 Å². The smallest absolute Gasteiger partial charge is 0.207 e. The Kier molecular flexibility index (Phi) is 1.64. The molecule has 0 aromatic carbocycles. The van der Waals surface area contributed by atoms with Gasteiger partial charge in [-0.3, -0.25) is 0 Å². The molecule has 2 N–H and O–H groups in total. The van der Waals surface area contributed by atoms with Crippen LogP contribution in [0.15, 0.2) is 4.63 Å². The van der Waals surface area contributed by atoms with E-state index in [9.17, 15) is 0 Å². The molecule has 1 aromatic rings. The molecule has 0 unspecified atom stereocenters. The summed E-state index contributed by atoms with van der Waals surface area (Å²) in [6.45, 7) is 1.80. The van der Waals surface area contributed by atoms with E-state index < -0.39 is 0 Å². The van der Waals surface area contributed by atoms with E-state index in [0.29, 0.717) is 5.82 Å². The average molecular weight is 128 g/mol. The molecule has 1 aromatic heterocycles. The quantitative estimate of drug-likeness (QED) is 0.545. The number of nitrogens with zero attached hydrogens (tertiary/aromatic N) is 2. The molecule has 5 heteroatoms. The molecule has 0 aliphatic rings. The SMILES string of the molecule is CNNc1nonc1C. The molecule has 50 valence electrons. The zero-order valence-electron chi connectivity index (χ0n) is 5.30. The Labute approximate surface area is 52.4 Å². The topological polar surface area (TPSA) is 63.0 Å². The number of hydrogen-bond donors (Lipinski definition) is 2. The molecule has 0 radical (unpaired) electrons. The molecule has 9 heavy (non-hydrogen) atoms. The molecule has 0 bridgehead atoms. The van der Waals surface area contributed by atoms with E-state index >= 15 is 0 Å². The van der Waals surface area contributed by atoms with Gasteiger partial charge in [0.25, 0.3) is 0 Å². The van der Waals surface area contributed by atoms with Gasteiger partial charge in [-0.05, 0) is 12.1 Å². The maximum absolute atomic E-state index is 4.40. The van der Waals surface area contributed by atoms with Gasteiger partial charge in [0, 0.05) is 7.05 Å². The summed E-state index contributed by atoms with van der Waals surface area (Å²) in [6, 6.07) is 0. The lowest BCUT2D eigenvalue weighted by Crippen LogP contribution is -2.15. The summed E-state index contributed by atoms with van der Waals surface area (Å²) in [5.74, 6) is 0.623. The Balaban J connectivity index is 2.69. The minimum Gasteiger partial charge on any atom is -0.302 e. The second-order valence-corrected chi connectivity index (χ2v) is 1.57. The van der Waals surface area contributed by atoms with Crippen molar-refractivity contribution in [3.05, 3.63) is 5.69 Å². The maximum atomic E-state index is 4.40. The van der Waals surface area contributed by atoms with Crippen LogP contribution in [0.4, 0.5) is 5.82 Å². The van der Waals surface area contributed by atoms with Crippen molar-refractivity contribution in [3.8, 4) is 0 Å². The van der Waals surface area contributed by atoms with E-state index in [1.54, 1.807) is 14.0 Å². The van der Waals surface area contributed by atoms with E-state index in [1.807, 2.05) is 0 Å². The first-order valence-corrected chi connectivity index (χ1v) is 2.56. The van der Waals surface area contributed by atoms with Crippen molar-refractivity contribution in [2.24, 2.45) is 0 Å². The van der Waals surface area contributed by atoms with Crippen molar-refractivity contribution in [2.75, 3.05) is 12.5 Å². The third-order valence-corrected chi connectivity index (χ3v) is 0.896. The average Bonchev–Trinajstić information content (AvgIpc) is 2.18. The van der Waals surface area contributed by atoms with Crippen LogP contribution in [0.25, 0.3) is 0 Å². The molecular formula is C4H8N4O. The summed E-state index contributed by atoms with van der Waals surface area (Å²) in [7, 11) is 1.74. The van der Waals surface area contributed by atoms with E-state index in [4.69, 9.17) is 0 Å². The van der Waals surface area contributed by atoms with E-state index in [0.717, 1.165) is 5.69 Å². The first-order chi connectivity index (χ1) is 4.34. The summed E-state index contributed by atoms with van der Waals surface area (Å²) in [5, 5.41) is 7.09. The molecule has 5 nitrogen and oxygen atoms in total. The number of hydrazine groups is 1. The minimum absolute atomic E-state index is 0.623. The highest BCUT2D eigenvalue weighted by Crippen LogP contribution is 2.03. The summed E-state index contributed by atoms with van der Waals surface area (Å²) >= 11 is 0. The summed E-state index contributed by atoms with van der Waals surface area (Å²) in [4.78, 5) is 0. The number of nitrogens with one attached hydrogen (secondary N) is 2. The predicted octanol–water partition coefficient (Wildman–Crippen LogP) is -0.0757. The van der Waals surface area contributed by atoms with Crippen molar-refractivity contribution < 1.29 is 4.63 Å². The third kappa shape index (κ3) is 1.17. The normalized spacial score (nSPS) is 9.56. The predicted molar refractivity (Wildman–Crippen MR) is 31.7 cm³/mol. The van der Waals surface area contributed by atoms with E-state index in [2.05, 4.69) is 25.8 Å². The molecule has 0 spiro atoms. The van der Waals surface area contributed by atoms with Crippen LogP contribution in [-0.4, -0.2) is 17.4 Å². The molecule has 0 atom stereocenters. The van der Waals surface area contributed by atoms with Crippen molar-refractivity contribution >= 4 is 5.82 Å². The number of aromatic nitrogens is 2. The van der Waals surface area contributed by atoms with Crippen LogP contribution >= 0.6 is 0 Å². The Hall–Kier alpha value is -1.10. The molecule has 0 amide bonds. The lowest BCUT2D eigenvalue weighted by atomic mass is 10.5. The Morgan fingerprint density at radius 3 is 2.67 bits per heavy atom. The summed E-state index contributed by atoms with van der Waals surface area (Å²) in [5.41, 5.74) is 6.18. The van der Waals surface area contributed by atoms with Crippen molar-refractivity contribution in [1.82, 2.24) is 15.7 Å². The van der Waals surface area contributed by atoms with Gasteiger partial charge in [-0.1, -0.05) is 5.16 Å². The zero-order chi connectivity index (χ0) is 6.69. The molecule has 0 saturated heterocycles. The molecule has 1 heterocycles. The van der Waals surface area contributed by atoms with Gasteiger partial charge < -0.3 is 5.43 Å². The number of hydrogen-bond acceptors (Lipinski definition) is 5. The third-order valence-electron chi connectivity index (χ3n) is 0.896. The molecule has 0 aliphatic carbocycles. The Morgan fingerprint density at radius 1 is 1.44 bits per heavy atom. The van der Waals surface area contributed by atoms with Crippen LogP contribution < -0.4 is 10.9 Å². The van der Waals surface area contributed by atoms with Gasteiger partial charge >= 0.3 is 0 Å². The van der Waals surface area contributed by atoms with Crippen LogP contribution in [0.5, 0.6) is 0 Å². The second-order valence-electron chi connectivity index (χ2n) is 1.57. The van der Waals surface area contributed by atoms with Gasteiger partial charge in [0.05, 0.1) is 0 Å². The largest absolute Gasteiger partial charge is 0.302 e. The molecule has 0 saturated carbocycles. The fraction of sp³-hybridized carbons (Fsp3) is 0.500. The van der Waals surface area contributed by atoms with Gasteiger partial charge in [0.1, 0.15) is 5.69 Å². The summed E-state index contributed by atoms with van der Waals surface area (Å²) in [6.07, 6.45) is 0.